The molecule has 1 rings (SSSR count). The molecule has 318 valence electrons. The van der Waals surface area contributed by atoms with Crippen molar-refractivity contribution >= 4 is 53.4 Å². The zero-order chi connectivity index (χ0) is 43.2. The predicted molar refractivity (Wildman–Crippen MR) is 207 cm³/mol. The maximum absolute atomic E-state index is 14.0. The lowest BCUT2D eigenvalue weighted by Crippen LogP contribution is -2.60. The Hall–Kier alpha value is -5.79. The van der Waals surface area contributed by atoms with Gasteiger partial charge in [0.15, 0.2) is 5.96 Å². The van der Waals surface area contributed by atoms with Crippen LogP contribution in [0.4, 0.5) is 0 Å². The largest absolute Gasteiger partial charge is 0.481 e. The molecule has 57 heavy (non-hydrogen) atoms. The molecule has 20 heteroatoms. The maximum Gasteiger partial charge on any atom is 0.326 e. The van der Waals surface area contributed by atoms with E-state index in [9.17, 15) is 48.6 Å². The van der Waals surface area contributed by atoms with Crippen molar-refractivity contribution in [2.75, 3.05) is 6.54 Å². The summed E-state index contributed by atoms with van der Waals surface area (Å²) < 4.78 is 0. The van der Waals surface area contributed by atoms with Gasteiger partial charge in [-0.3, -0.25) is 39.0 Å². The van der Waals surface area contributed by atoms with Crippen molar-refractivity contribution in [3.63, 3.8) is 0 Å². The van der Waals surface area contributed by atoms with Crippen LogP contribution in [0.25, 0.3) is 0 Å². The first kappa shape index (κ1) is 49.2. The first-order valence-electron chi connectivity index (χ1n) is 18.8. The molecule has 0 heterocycles. The molecule has 0 saturated heterocycles. The fourth-order valence-electron chi connectivity index (χ4n) is 5.49. The van der Waals surface area contributed by atoms with Gasteiger partial charge in [0.1, 0.15) is 30.2 Å². The van der Waals surface area contributed by atoms with Gasteiger partial charge in [-0.05, 0) is 49.5 Å². The highest BCUT2D eigenvalue weighted by Gasteiger charge is 2.34. The van der Waals surface area contributed by atoms with Crippen LogP contribution in [0.5, 0.6) is 0 Å². The van der Waals surface area contributed by atoms with E-state index in [1.165, 1.54) is 0 Å². The summed E-state index contributed by atoms with van der Waals surface area (Å²) in [5.41, 5.74) is 12.1. The first-order chi connectivity index (χ1) is 26.7. The Morgan fingerprint density at radius 3 is 1.61 bits per heavy atom. The smallest absolute Gasteiger partial charge is 0.326 e. The Labute approximate surface area is 331 Å². The fourth-order valence-corrected chi connectivity index (χ4v) is 5.49. The van der Waals surface area contributed by atoms with Gasteiger partial charge in [-0.1, -0.05) is 64.4 Å². The van der Waals surface area contributed by atoms with Crippen LogP contribution in [0.3, 0.4) is 0 Å². The van der Waals surface area contributed by atoms with Gasteiger partial charge in [0.2, 0.25) is 29.5 Å². The summed E-state index contributed by atoms with van der Waals surface area (Å²) in [6.45, 7) is 7.50. The van der Waals surface area contributed by atoms with Gasteiger partial charge in [-0.2, -0.15) is 0 Å². The van der Waals surface area contributed by atoms with Crippen molar-refractivity contribution < 1.29 is 53.7 Å². The zero-order valence-electron chi connectivity index (χ0n) is 32.8. The Morgan fingerprint density at radius 2 is 1.12 bits per heavy atom. The van der Waals surface area contributed by atoms with Crippen molar-refractivity contribution in [1.82, 2.24) is 31.9 Å². The number of carboxylic acids is 3. The first-order valence-corrected chi connectivity index (χ1v) is 18.8. The van der Waals surface area contributed by atoms with Gasteiger partial charge < -0.3 is 58.7 Å². The minimum absolute atomic E-state index is 0.0250. The average molecular weight is 806 g/mol. The van der Waals surface area contributed by atoms with Crippen LogP contribution in [0.1, 0.15) is 84.6 Å². The Bertz CT molecular complexity index is 1540. The average Bonchev–Trinajstić information content (AvgIpc) is 3.14. The van der Waals surface area contributed by atoms with Crippen LogP contribution in [0, 0.1) is 17.2 Å². The van der Waals surface area contributed by atoms with E-state index in [1.807, 2.05) is 20.8 Å². The lowest BCUT2D eigenvalue weighted by atomic mass is 9.97. The minimum atomic E-state index is -1.67. The summed E-state index contributed by atoms with van der Waals surface area (Å²) in [6.07, 6.45) is -1.37. The third kappa shape index (κ3) is 19.6. The van der Waals surface area contributed by atoms with E-state index in [2.05, 4.69) is 31.9 Å². The van der Waals surface area contributed by atoms with Gasteiger partial charge in [0.05, 0.1) is 6.04 Å². The molecular weight excluding hydrogens is 746 g/mol. The van der Waals surface area contributed by atoms with E-state index in [0.29, 0.717) is 12.0 Å². The number of nitrogens with two attached hydrogens (primary N) is 2. The molecule has 5 amide bonds. The number of aliphatic carboxylic acids is 3. The summed E-state index contributed by atoms with van der Waals surface area (Å²) in [6, 6.07) is 0.400. The molecule has 0 fully saturated rings. The molecular formula is C37H59N9O11. The molecule has 0 aliphatic heterocycles. The van der Waals surface area contributed by atoms with Crippen LogP contribution >= 0.6 is 0 Å². The molecule has 7 atom stereocenters. The molecule has 20 nitrogen and oxygen atoms in total. The zero-order valence-corrected chi connectivity index (χ0v) is 32.8. The third-order valence-corrected chi connectivity index (χ3v) is 8.97. The molecule has 0 aliphatic carbocycles. The van der Waals surface area contributed by atoms with Crippen LogP contribution in [-0.2, 0) is 44.8 Å². The number of nitrogens with one attached hydrogen (secondary N) is 7. The lowest BCUT2D eigenvalue weighted by Gasteiger charge is -2.28. The van der Waals surface area contributed by atoms with Crippen molar-refractivity contribution in [2.45, 2.75) is 122 Å². The number of guanidine groups is 1. The predicted octanol–water partition coefficient (Wildman–Crippen LogP) is -0.850. The van der Waals surface area contributed by atoms with E-state index in [0.717, 1.165) is 0 Å². The Kier molecular flexibility index (Phi) is 21.9. The Morgan fingerprint density at radius 1 is 0.667 bits per heavy atom. The van der Waals surface area contributed by atoms with E-state index >= 15 is 0 Å². The molecule has 0 aromatic heterocycles. The summed E-state index contributed by atoms with van der Waals surface area (Å²) in [7, 11) is 0. The van der Waals surface area contributed by atoms with Gasteiger partial charge in [0.25, 0.3) is 0 Å². The molecule has 0 radical (unpaired) electrons. The van der Waals surface area contributed by atoms with Gasteiger partial charge in [-0.25, -0.2) is 4.79 Å². The van der Waals surface area contributed by atoms with E-state index < -0.39 is 109 Å². The van der Waals surface area contributed by atoms with Crippen LogP contribution in [-0.4, -0.2) is 112 Å². The quantitative estimate of drug-likeness (QED) is 0.0293. The molecule has 1 aromatic carbocycles. The molecule has 0 aliphatic rings. The maximum atomic E-state index is 14.0. The monoisotopic (exact) mass is 805 g/mol. The summed E-state index contributed by atoms with van der Waals surface area (Å²) in [5.74, 6) is -8.91. The second-order valence-corrected chi connectivity index (χ2v) is 14.2. The number of hydrogen-bond donors (Lipinski definition) is 12. The summed E-state index contributed by atoms with van der Waals surface area (Å²) in [4.78, 5) is 102. The standard InChI is InChI=1S/C37H59N9O11/c1-5-21(4)30(38)35(55)46-26(18-20(2)3)33(53)42-23(12-9-17-41-37(39)40)31(51)45-27(19-22-10-7-6-8-11-22)34(54)43-24(13-15-28(47)48)32(52)44-25(36(56)57)14-16-29(49)50/h6-8,10-11,20-21,23-27,30H,5,9,12-19,38H2,1-4H3,(H,42,53)(H,43,54)(H,44,52)(H,45,51)(H,46,55)(H,47,48)(H,49,50)(H,56,57)(H4,39,40,41)/t21-,23-,24-,25-,26-,27-,30-/m0/s1. The van der Waals surface area contributed by atoms with Gasteiger partial charge >= 0.3 is 17.9 Å². The third-order valence-electron chi connectivity index (χ3n) is 8.97. The minimum Gasteiger partial charge on any atom is -0.481 e. The number of carboxylic acid groups (broad SMARTS) is 3. The second-order valence-electron chi connectivity index (χ2n) is 14.2. The number of amides is 5. The summed E-state index contributed by atoms with van der Waals surface area (Å²) in [5, 5.41) is 50.4. The highest BCUT2D eigenvalue weighted by molar-refractivity contribution is 5.96. The highest BCUT2D eigenvalue weighted by atomic mass is 16.4. The van der Waals surface area contributed by atoms with Crippen molar-refractivity contribution in [3.8, 4) is 0 Å². The van der Waals surface area contributed by atoms with Crippen LogP contribution in [0.15, 0.2) is 30.3 Å². The topological polar surface area (TPSA) is 345 Å². The highest BCUT2D eigenvalue weighted by Crippen LogP contribution is 2.12. The number of carbonyl (C=O) groups excluding carboxylic acids is 5. The SMILES string of the molecule is CC[C@H](C)[C@H](N)C(=O)N[C@@H](CC(C)C)C(=O)N[C@@H](CCCNC(=N)N)C(=O)N[C@@H](Cc1ccccc1)C(=O)N[C@@H](CCC(=O)O)C(=O)N[C@@H](CCC(=O)O)C(=O)O. The normalized spacial score (nSPS) is 14.6. The molecule has 0 spiro atoms. The second kappa shape index (κ2) is 25.4. The molecule has 0 unspecified atom stereocenters. The van der Waals surface area contributed by atoms with E-state index in [4.69, 9.17) is 22.0 Å². The van der Waals surface area contributed by atoms with Crippen LogP contribution < -0.4 is 43.4 Å². The fraction of sp³-hybridized carbons (Fsp3) is 0.595. The van der Waals surface area contributed by atoms with E-state index in [-0.39, 0.29) is 50.0 Å². The van der Waals surface area contributed by atoms with Crippen molar-refractivity contribution in [1.29, 1.82) is 5.41 Å². The van der Waals surface area contributed by atoms with Crippen molar-refractivity contribution in [2.24, 2.45) is 23.3 Å². The van der Waals surface area contributed by atoms with Crippen molar-refractivity contribution in [3.05, 3.63) is 35.9 Å². The Balaban J connectivity index is 3.49. The molecule has 0 bridgehead atoms. The number of carbonyl (C=O) groups is 8. The number of rotatable bonds is 27. The van der Waals surface area contributed by atoms with E-state index in [1.54, 1.807) is 37.3 Å². The number of hydrogen-bond acceptors (Lipinski definition) is 10. The van der Waals surface area contributed by atoms with Gasteiger partial charge in [0, 0.05) is 25.8 Å². The molecule has 14 N–H and O–H groups in total. The van der Waals surface area contributed by atoms with Gasteiger partial charge in [-0.15, -0.1) is 0 Å². The number of benzene rings is 1. The van der Waals surface area contributed by atoms with Crippen LogP contribution in [0.2, 0.25) is 0 Å². The molecule has 0 saturated carbocycles. The molecule has 1 aromatic rings. The lowest BCUT2D eigenvalue weighted by molar-refractivity contribution is -0.144. The summed E-state index contributed by atoms with van der Waals surface area (Å²) >= 11 is 0.